The van der Waals surface area contributed by atoms with Gasteiger partial charge in [0.05, 0.1) is 6.61 Å². The van der Waals surface area contributed by atoms with Crippen LogP contribution in [0.15, 0.2) is 42.5 Å². The molecule has 0 spiro atoms. The number of benzene rings is 2. The summed E-state index contributed by atoms with van der Waals surface area (Å²) in [4.78, 5) is 0. The van der Waals surface area contributed by atoms with Crippen LogP contribution >= 0.6 is 0 Å². The number of anilines is 1. The fourth-order valence-corrected chi connectivity index (χ4v) is 2.28. The van der Waals surface area contributed by atoms with Crippen LogP contribution in [0.4, 0.5) is 5.69 Å². The zero-order valence-corrected chi connectivity index (χ0v) is 12.5. The maximum absolute atomic E-state index is 5.98. The van der Waals surface area contributed by atoms with Crippen LogP contribution in [0.3, 0.4) is 0 Å². The molecule has 2 rings (SSSR count). The number of nitrogens with two attached hydrogens (primary N) is 1. The van der Waals surface area contributed by atoms with Crippen molar-refractivity contribution in [2.24, 2.45) is 0 Å². The van der Waals surface area contributed by atoms with E-state index in [1.807, 2.05) is 18.2 Å². The number of rotatable bonds is 5. The molecule has 2 heteroatoms. The normalized spacial score (nSPS) is 10.8. The quantitative estimate of drug-likeness (QED) is 0.820. The van der Waals surface area contributed by atoms with Crippen LogP contribution in [0, 0.1) is 6.92 Å². The fraction of sp³-hybridized carbons (Fsp3) is 0.333. The predicted octanol–water partition coefficient (Wildman–Crippen LogP) is 4.32. The summed E-state index contributed by atoms with van der Waals surface area (Å²) in [5, 5.41) is 0. The van der Waals surface area contributed by atoms with Crippen molar-refractivity contribution >= 4 is 5.69 Å². The topological polar surface area (TPSA) is 35.2 Å². The van der Waals surface area contributed by atoms with Crippen LogP contribution in [-0.2, 0) is 6.42 Å². The molecule has 0 bridgehead atoms. The van der Waals surface area contributed by atoms with E-state index in [-0.39, 0.29) is 0 Å². The molecular formula is C18H23NO. The first-order valence-electron chi connectivity index (χ1n) is 7.14. The Morgan fingerprint density at radius 3 is 2.55 bits per heavy atom. The van der Waals surface area contributed by atoms with Crippen molar-refractivity contribution in [3.05, 3.63) is 59.2 Å². The average molecular weight is 269 g/mol. The van der Waals surface area contributed by atoms with E-state index in [1.54, 1.807) is 0 Å². The Bertz CT molecular complexity index is 575. The maximum atomic E-state index is 5.98. The molecule has 106 valence electrons. The van der Waals surface area contributed by atoms with Crippen LogP contribution < -0.4 is 10.5 Å². The van der Waals surface area contributed by atoms with Gasteiger partial charge in [0.1, 0.15) is 5.75 Å². The minimum Gasteiger partial charge on any atom is -0.493 e. The number of hydrogen-bond acceptors (Lipinski definition) is 2. The van der Waals surface area contributed by atoms with E-state index in [0.717, 1.165) is 23.4 Å². The highest BCUT2D eigenvalue weighted by molar-refractivity contribution is 5.46. The van der Waals surface area contributed by atoms with Crippen molar-refractivity contribution in [2.45, 2.75) is 33.1 Å². The largest absolute Gasteiger partial charge is 0.493 e. The van der Waals surface area contributed by atoms with Gasteiger partial charge >= 0.3 is 0 Å². The predicted molar refractivity (Wildman–Crippen MR) is 85.3 cm³/mol. The van der Waals surface area contributed by atoms with Crippen molar-refractivity contribution in [1.29, 1.82) is 0 Å². The molecule has 2 aromatic carbocycles. The Kier molecular flexibility index (Phi) is 4.67. The lowest BCUT2D eigenvalue weighted by molar-refractivity contribution is 0.317. The number of hydrogen-bond donors (Lipinski definition) is 1. The van der Waals surface area contributed by atoms with E-state index < -0.39 is 0 Å². The third-order valence-electron chi connectivity index (χ3n) is 3.48. The monoisotopic (exact) mass is 269 g/mol. The summed E-state index contributed by atoms with van der Waals surface area (Å²) < 4.78 is 5.98. The van der Waals surface area contributed by atoms with E-state index in [9.17, 15) is 0 Å². The Labute approximate surface area is 121 Å². The van der Waals surface area contributed by atoms with Crippen LogP contribution in [0.2, 0.25) is 0 Å². The van der Waals surface area contributed by atoms with Gasteiger partial charge in [-0.05, 0) is 41.7 Å². The zero-order valence-electron chi connectivity index (χ0n) is 12.5. The highest BCUT2D eigenvalue weighted by Gasteiger charge is 2.08. The summed E-state index contributed by atoms with van der Waals surface area (Å²) in [5.74, 6) is 1.46. The summed E-state index contributed by atoms with van der Waals surface area (Å²) in [6.07, 6.45) is 0.831. The Morgan fingerprint density at radius 1 is 1.10 bits per heavy atom. The second-order valence-corrected chi connectivity index (χ2v) is 5.49. The van der Waals surface area contributed by atoms with Gasteiger partial charge in [-0.1, -0.05) is 44.2 Å². The van der Waals surface area contributed by atoms with Gasteiger partial charge in [0.25, 0.3) is 0 Å². The first-order chi connectivity index (χ1) is 9.58. The van der Waals surface area contributed by atoms with E-state index in [4.69, 9.17) is 10.5 Å². The number of ether oxygens (including phenoxy) is 1. The van der Waals surface area contributed by atoms with Crippen molar-refractivity contribution in [3.8, 4) is 5.75 Å². The lowest BCUT2D eigenvalue weighted by atomic mass is 10.0. The molecule has 20 heavy (non-hydrogen) atoms. The number of nitrogen functional groups attached to an aromatic ring is 1. The van der Waals surface area contributed by atoms with Gasteiger partial charge in [0.15, 0.2) is 0 Å². The third kappa shape index (κ3) is 3.53. The Balaban J connectivity index is 2.04. The number of aryl methyl sites for hydroxylation is 1. The molecule has 0 amide bonds. The Hall–Kier alpha value is -1.96. The molecule has 0 saturated carbocycles. The Morgan fingerprint density at radius 2 is 1.85 bits per heavy atom. The third-order valence-corrected chi connectivity index (χ3v) is 3.48. The van der Waals surface area contributed by atoms with E-state index >= 15 is 0 Å². The molecule has 0 aliphatic heterocycles. The highest BCUT2D eigenvalue weighted by Crippen LogP contribution is 2.27. The molecule has 0 aliphatic carbocycles. The molecule has 2 nitrogen and oxygen atoms in total. The van der Waals surface area contributed by atoms with Crippen molar-refractivity contribution in [1.82, 2.24) is 0 Å². The van der Waals surface area contributed by atoms with Gasteiger partial charge in [-0.25, -0.2) is 0 Å². The minimum absolute atomic E-state index is 0.465. The van der Waals surface area contributed by atoms with Crippen molar-refractivity contribution in [3.63, 3.8) is 0 Å². The highest BCUT2D eigenvalue weighted by atomic mass is 16.5. The summed E-state index contributed by atoms with van der Waals surface area (Å²) in [5.41, 5.74) is 10.4. The molecule has 0 unspecified atom stereocenters. The fourth-order valence-electron chi connectivity index (χ4n) is 2.28. The summed E-state index contributed by atoms with van der Waals surface area (Å²) in [6.45, 7) is 7.11. The van der Waals surface area contributed by atoms with Gasteiger partial charge in [-0.15, -0.1) is 0 Å². The molecule has 0 fully saturated rings. The summed E-state index contributed by atoms with van der Waals surface area (Å²) in [6, 6.07) is 14.4. The van der Waals surface area contributed by atoms with E-state index in [1.165, 1.54) is 11.1 Å². The van der Waals surface area contributed by atoms with Crippen LogP contribution in [0.25, 0.3) is 0 Å². The van der Waals surface area contributed by atoms with Gasteiger partial charge in [0.2, 0.25) is 0 Å². The standard InChI is InChI=1S/C18H23NO/c1-13(2)16-9-8-14(3)12-18(16)20-11-10-15-6-4-5-7-17(15)19/h4-9,12-13H,10-11,19H2,1-3H3. The van der Waals surface area contributed by atoms with E-state index in [2.05, 4.69) is 45.0 Å². The summed E-state index contributed by atoms with van der Waals surface area (Å²) in [7, 11) is 0. The molecule has 0 saturated heterocycles. The zero-order chi connectivity index (χ0) is 14.5. The lowest BCUT2D eigenvalue weighted by Crippen LogP contribution is -2.06. The SMILES string of the molecule is Cc1ccc(C(C)C)c(OCCc2ccccc2N)c1. The number of para-hydroxylation sites is 1. The second kappa shape index (κ2) is 6.47. The molecule has 2 N–H and O–H groups in total. The first kappa shape index (κ1) is 14.4. The lowest BCUT2D eigenvalue weighted by Gasteiger charge is -2.15. The van der Waals surface area contributed by atoms with Crippen LogP contribution in [-0.4, -0.2) is 6.61 Å². The molecule has 0 radical (unpaired) electrons. The maximum Gasteiger partial charge on any atom is 0.123 e. The molecule has 0 aromatic heterocycles. The van der Waals surface area contributed by atoms with Gasteiger partial charge in [-0.3, -0.25) is 0 Å². The smallest absolute Gasteiger partial charge is 0.123 e. The second-order valence-electron chi connectivity index (χ2n) is 5.49. The first-order valence-corrected chi connectivity index (χ1v) is 7.14. The van der Waals surface area contributed by atoms with Gasteiger partial charge in [0, 0.05) is 12.1 Å². The van der Waals surface area contributed by atoms with Crippen LogP contribution in [0.1, 0.15) is 36.5 Å². The molecular weight excluding hydrogens is 246 g/mol. The van der Waals surface area contributed by atoms with Gasteiger partial charge < -0.3 is 10.5 Å². The van der Waals surface area contributed by atoms with Gasteiger partial charge in [-0.2, -0.15) is 0 Å². The molecule has 0 heterocycles. The molecule has 0 aliphatic rings. The van der Waals surface area contributed by atoms with E-state index in [0.29, 0.717) is 12.5 Å². The average Bonchev–Trinajstić information content (AvgIpc) is 2.41. The summed E-state index contributed by atoms with van der Waals surface area (Å²) >= 11 is 0. The molecule has 2 aromatic rings. The minimum atomic E-state index is 0.465. The van der Waals surface area contributed by atoms with Crippen molar-refractivity contribution < 1.29 is 4.74 Å². The molecule has 0 atom stereocenters. The van der Waals surface area contributed by atoms with Crippen LogP contribution in [0.5, 0.6) is 5.75 Å². The van der Waals surface area contributed by atoms with Crippen molar-refractivity contribution in [2.75, 3.05) is 12.3 Å².